The number of pyridine rings is 1. The molecule has 0 bridgehead atoms. The van der Waals surface area contributed by atoms with Crippen molar-refractivity contribution in [2.45, 2.75) is 6.92 Å². The number of amides is 2. The van der Waals surface area contributed by atoms with Gasteiger partial charge >= 0.3 is 5.82 Å². The van der Waals surface area contributed by atoms with Gasteiger partial charge in [-0.05, 0) is 27.4 Å². The van der Waals surface area contributed by atoms with Gasteiger partial charge in [-0.15, -0.1) is 11.3 Å². The first-order chi connectivity index (χ1) is 9.47. The van der Waals surface area contributed by atoms with Gasteiger partial charge in [0.25, 0.3) is 11.8 Å². The maximum atomic E-state index is 11.9. The lowest BCUT2D eigenvalue weighted by atomic mass is 10.2. The highest BCUT2D eigenvalue weighted by Gasteiger charge is 2.18. The van der Waals surface area contributed by atoms with Crippen LogP contribution in [0, 0.1) is 17.0 Å². The van der Waals surface area contributed by atoms with Crippen molar-refractivity contribution in [3.05, 3.63) is 55.9 Å². The van der Waals surface area contributed by atoms with Crippen LogP contribution in [0.5, 0.6) is 0 Å². The maximum Gasteiger partial charge on any atom is 0.364 e. The molecular weight excluding hydrogens is 282 g/mol. The van der Waals surface area contributed by atoms with Crippen LogP contribution < -0.4 is 5.32 Å². The third-order valence-corrected chi connectivity index (χ3v) is 3.23. The van der Waals surface area contributed by atoms with E-state index in [9.17, 15) is 19.7 Å². The van der Waals surface area contributed by atoms with Crippen molar-refractivity contribution >= 4 is 29.0 Å². The molecule has 8 heteroatoms. The van der Waals surface area contributed by atoms with Crippen molar-refractivity contribution in [2.24, 2.45) is 0 Å². The van der Waals surface area contributed by atoms with Gasteiger partial charge in [0.1, 0.15) is 0 Å². The summed E-state index contributed by atoms with van der Waals surface area (Å²) in [4.78, 5) is 37.7. The van der Waals surface area contributed by atoms with E-state index in [1.165, 1.54) is 24.3 Å². The summed E-state index contributed by atoms with van der Waals surface area (Å²) >= 11 is 1.19. The molecule has 0 unspecified atom stereocenters. The molecule has 2 aromatic rings. The summed E-state index contributed by atoms with van der Waals surface area (Å²) in [5.74, 6) is -1.67. The number of nitrogens with zero attached hydrogens (tertiary/aromatic N) is 2. The number of nitrogens with one attached hydrogen (secondary N) is 1. The molecule has 0 fully saturated rings. The van der Waals surface area contributed by atoms with E-state index < -0.39 is 22.6 Å². The molecular formula is C12H9N3O4S. The molecule has 0 saturated heterocycles. The maximum absolute atomic E-state index is 11.9. The number of thiophene rings is 1. The fourth-order valence-corrected chi connectivity index (χ4v) is 2.14. The molecule has 2 aromatic heterocycles. The predicted molar refractivity (Wildman–Crippen MR) is 71.7 cm³/mol. The average molecular weight is 291 g/mol. The number of imide groups is 1. The molecule has 7 nitrogen and oxygen atoms in total. The molecule has 0 aliphatic rings. The van der Waals surface area contributed by atoms with Crippen molar-refractivity contribution in [3.63, 3.8) is 0 Å². The molecule has 2 rings (SSSR count). The third kappa shape index (κ3) is 3.04. The van der Waals surface area contributed by atoms with Crippen LogP contribution in [0.3, 0.4) is 0 Å². The number of nitro groups is 1. The molecule has 0 aromatic carbocycles. The topological polar surface area (TPSA) is 102 Å². The summed E-state index contributed by atoms with van der Waals surface area (Å²) in [7, 11) is 0. The SMILES string of the molecule is Cc1cc(C(=O)NC(=O)c2cccs2)cc([N+](=O)[O-])n1. The second-order valence-corrected chi connectivity index (χ2v) is 4.82. The van der Waals surface area contributed by atoms with Crippen molar-refractivity contribution in [3.8, 4) is 0 Å². The van der Waals surface area contributed by atoms with E-state index in [0.29, 0.717) is 10.6 Å². The fourth-order valence-electron chi connectivity index (χ4n) is 1.52. The normalized spacial score (nSPS) is 10.1. The van der Waals surface area contributed by atoms with Crippen LogP contribution in [0.1, 0.15) is 25.7 Å². The summed E-state index contributed by atoms with van der Waals surface area (Å²) in [5, 5.41) is 14.6. The summed E-state index contributed by atoms with van der Waals surface area (Å²) in [6.07, 6.45) is 0. The second kappa shape index (κ2) is 5.57. The minimum Gasteiger partial charge on any atom is -0.358 e. The van der Waals surface area contributed by atoms with Gasteiger partial charge in [0.05, 0.1) is 10.4 Å². The number of aryl methyl sites for hydroxylation is 1. The number of carbonyl (C=O) groups excluding carboxylic acids is 2. The Morgan fingerprint density at radius 3 is 2.70 bits per heavy atom. The number of carbonyl (C=O) groups is 2. The lowest BCUT2D eigenvalue weighted by Crippen LogP contribution is -2.30. The van der Waals surface area contributed by atoms with Gasteiger partial charge in [0.15, 0.2) is 5.69 Å². The van der Waals surface area contributed by atoms with Gasteiger partial charge in [-0.3, -0.25) is 14.9 Å². The zero-order valence-corrected chi connectivity index (χ0v) is 11.1. The quantitative estimate of drug-likeness (QED) is 0.529. The highest BCUT2D eigenvalue weighted by molar-refractivity contribution is 7.12. The van der Waals surface area contributed by atoms with Crippen LogP contribution in [-0.4, -0.2) is 21.7 Å². The first-order valence-electron chi connectivity index (χ1n) is 5.49. The first kappa shape index (κ1) is 13.8. The van der Waals surface area contributed by atoms with E-state index in [1.807, 2.05) is 0 Å². The lowest BCUT2D eigenvalue weighted by molar-refractivity contribution is -0.389. The van der Waals surface area contributed by atoms with Crippen LogP contribution in [0.2, 0.25) is 0 Å². The molecule has 102 valence electrons. The zero-order valence-electron chi connectivity index (χ0n) is 10.3. The molecule has 0 atom stereocenters. The molecule has 2 heterocycles. The van der Waals surface area contributed by atoms with Gasteiger partial charge in [-0.1, -0.05) is 6.07 Å². The first-order valence-corrected chi connectivity index (χ1v) is 6.37. The number of hydrogen-bond acceptors (Lipinski definition) is 6. The lowest BCUT2D eigenvalue weighted by Gasteiger charge is -2.02. The minimum atomic E-state index is -0.697. The van der Waals surface area contributed by atoms with E-state index in [0.717, 1.165) is 6.07 Å². The zero-order chi connectivity index (χ0) is 14.7. The Bertz CT molecular complexity index is 682. The molecule has 2 amide bonds. The summed E-state index contributed by atoms with van der Waals surface area (Å²) in [6.45, 7) is 1.53. The summed E-state index contributed by atoms with van der Waals surface area (Å²) < 4.78 is 0. The molecule has 0 aliphatic carbocycles. The smallest absolute Gasteiger partial charge is 0.358 e. The van der Waals surface area contributed by atoms with E-state index >= 15 is 0 Å². The van der Waals surface area contributed by atoms with E-state index in [-0.39, 0.29) is 5.56 Å². The van der Waals surface area contributed by atoms with E-state index in [4.69, 9.17) is 0 Å². The van der Waals surface area contributed by atoms with Crippen molar-refractivity contribution in [1.29, 1.82) is 0 Å². The van der Waals surface area contributed by atoms with Crippen molar-refractivity contribution in [2.75, 3.05) is 0 Å². The average Bonchev–Trinajstić information content (AvgIpc) is 2.91. The standard InChI is InChI=1S/C12H9N3O4S/c1-7-5-8(6-10(13-7)15(18)19)11(16)14-12(17)9-3-2-4-20-9/h2-6H,1H3,(H,14,16,17). The number of aromatic nitrogens is 1. The Labute approximate surface area is 117 Å². The van der Waals surface area contributed by atoms with Crippen LogP contribution in [0.4, 0.5) is 5.82 Å². The van der Waals surface area contributed by atoms with Gasteiger partial charge in [-0.25, -0.2) is 0 Å². The molecule has 0 aliphatic heterocycles. The van der Waals surface area contributed by atoms with Crippen LogP contribution >= 0.6 is 11.3 Å². The van der Waals surface area contributed by atoms with Crippen molar-refractivity contribution in [1.82, 2.24) is 10.3 Å². The Hall–Kier alpha value is -2.61. The molecule has 20 heavy (non-hydrogen) atoms. The largest absolute Gasteiger partial charge is 0.364 e. The highest BCUT2D eigenvalue weighted by atomic mass is 32.1. The molecule has 0 radical (unpaired) electrons. The minimum absolute atomic E-state index is 0.0223. The van der Waals surface area contributed by atoms with Gasteiger partial charge in [-0.2, -0.15) is 0 Å². The van der Waals surface area contributed by atoms with E-state index in [2.05, 4.69) is 10.3 Å². The Kier molecular flexibility index (Phi) is 3.85. The van der Waals surface area contributed by atoms with Gasteiger partial charge in [0.2, 0.25) is 0 Å². The Morgan fingerprint density at radius 1 is 1.35 bits per heavy atom. The van der Waals surface area contributed by atoms with Crippen LogP contribution in [0.25, 0.3) is 0 Å². The molecule has 0 saturated carbocycles. The monoisotopic (exact) mass is 291 g/mol. The number of hydrogen-bond donors (Lipinski definition) is 1. The third-order valence-electron chi connectivity index (χ3n) is 2.36. The van der Waals surface area contributed by atoms with E-state index in [1.54, 1.807) is 17.5 Å². The van der Waals surface area contributed by atoms with Crippen LogP contribution in [0.15, 0.2) is 29.6 Å². The Balaban J connectivity index is 2.21. The highest BCUT2D eigenvalue weighted by Crippen LogP contribution is 2.13. The second-order valence-electron chi connectivity index (χ2n) is 3.87. The summed E-state index contributed by atoms with van der Waals surface area (Å²) in [5.41, 5.74) is 0.349. The fraction of sp³-hybridized carbons (Fsp3) is 0.0833. The van der Waals surface area contributed by atoms with Crippen LogP contribution in [-0.2, 0) is 0 Å². The van der Waals surface area contributed by atoms with Gasteiger partial charge < -0.3 is 10.1 Å². The summed E-state index contributed by atoms with van der Waals surface area (Å²) in [6, 6.07) is 5.67. The Morgan fingerprint density at radius 2 is 2.10 bits per heavy atom. The van der Waals surface area contributed by atoms with Gasteiger partial charge in [0, 0.05) is 13.0 Å². The predicted octanol–water partition coefficient (Wildman–Crippen LogP) is 1.93. The molecule has 1 N–H and O–H groups in total. The van der Waals surface area contributed by atoms with Crippen molar-refractivity contribution < 1.29 is 14.5 Å². The number of rotatable bonds is 3. The molecule has 0 spiro atoms.